The number of pyridine rings is 1. The number of hydrogen-bond acceptors (Lipinski definition) is 2. The van der Waals surface area contributed by atoms with Gasteiger partial charge in [-0.2, -0.15) is 0 Å². The van der Waals surface area contributed by atoms with Crippen molar-refractivity contribution in [1.82, 2.24) is 4.98 Å². The minimum absolute atomic E-state index is 0.137. The predicted molar refractivity (Wildman–Crippen MR) is 66.2 cm³/mol. The van der Waals surface area contributed by atoms with Crippen LogP contribution in [-0.2, 0) is 0 Å². The fraction of sp³-hybridized carbons (Fsp3) is 0.214. The van der Waals surface area contributed by atoms with E-state index in [1.807, 2.05) is 31.2 Å². The van der Waals surface area contributed by atoms with Crippen LogP contribution in [0.15, 0.2) is 42.6 Å². The summed E-state index contributed by atoms with van der Waals surface area (Å²) in [6.45, 7) is 4.12. The van der Waals surface area contributed by atoms with E-state index in [9.17, 15) is 0 Å². The van der Waals surface area contributed by atoms with Gasteiger partial charge in [-0.05, 0) is 36.6 Å². The van der Waals surface area contributed by atoms with Crippen LogP contribution in [0, 0.1) is 13.8 Å². The molecule has 0 bridgehead atoms. The van der Waals surface area contributed by atoms with Crippen molar-refractivity contribution in [3.8, 4) is 0 Å². The van der Waals surface area contributed by atoms with E-state index in [1.165, 1.54) is 5.56 Å². The van der Waals surface area contributed by atoms with Gasteiger partial charge in [-0.25, -0.2) is 0 Å². The fourth-order valence-electron chi connectivity index (χ4n) is 1.91. The van der Waals surface area contributed by atoms with Gasteiger partial charge < -0.3 is 5.73 Å². The van der Waals surface area contributed by atoms with Gasteiger partial charge in [0, 0.05) is 6.20 Å². The third kappa shape index (κ3) is 1.97. The first-order valence-electron chi connectivity index (χ1n) is 5.43. The third-order valence-electron chi connectivity index (χ3n) is 2.87. The molecule has 0 fully saturated rings. The number of hydrogen-bond donors (Lipinski definition) is 1. The van der Waals surface area contributed by atoms with Gasteiger partial charge in [0.25, 0.3) is 0 Å². The van der Waals surface area contributed by atoms with Crippen LogP contribution in [0.4, 0.5) is 0 Å². The van der Waals surface area contributed by atoms with Crippen LogP contribution in [0.1, 0.15) is 28.4 Å². The number of nitrogens with two attached hydrogens (primary N) is 1. The molecule has 2 N–H and O–H groups in total. The fourth-order valence-corrected chi connectivity index (χ4v) is 1.91. The number of nitrogens with zero attached hydrogens (tertiary/aromatic N) is 1. The molecule has 2 rings (SSSR count). The van der Waals surface area contributed by atoms with Crippen molar-refractivity contribution in [3.63, 3.8) is 0 Å². The molecule has 1 aromatic heterocycles. The summed E-state index contributed by atoms with van der Waals surface area (Å²) in [4.78, 5) is 4.37. The van der Waals surface area contributed by atoms with Gasteiger partial charge >= 0.3 is 0 Å². The molecular formula is C14H16N2. The lowest BCUT2D eigenvalue weighted by Gasteiger charge is -2.15. The highest BCUT2D eigenvalue weighted by molar-refractivity contribution is 5.36. The molecule has 1 unspecified atom stereocenters. The first-order chi connectivity index (χ1) is 7.70. The van der Waals surface area contributed by atoms with Crippen molar-refractivity contribution in [2.24, 2.45) is 5.73 Å². The molecule has 16 heavy (non-hydrogen) atoms. The summed E-state index contributed by atoms with van der Waals surface area (Å²) in [7, 11) is 0. The van der Waals surface area contributed by atoms with E-state index in [4.69, 9.17) is 5.73 Å². The highest BCUT2D eigenvalue weighted by atomic mass is 14.8. The Bertz CT molecular complexity index is 446. The molecule has 0 aliphatic rings. The van der Waals surface area contributed by atoms with E-state index in [0.29, 0.717) is 0 Å². The molecular weight excluding hydrogens is 196 g/mol. The van der Waals surface area contributed by atoms with Crippen LogP contribution in [0.5, 0.6) is 0 Å². The van der Waals surface area contributed by atoms with Gasteiger partial charge in [-0.1, -0.05) is 30.3 Å². The molecule has 2 nitrogen and oxygen atoms in total. The van der Waals surface area contributed by atoms with E-state index in [-0.39, 0.29) is 6.04 Å². The highest BCUT2D eigenvalue weighted by Crippen LogP contribution is 2.22. The monoisotopic (exact) mass is 212 g/mol. The zero-order chi connectivity index (χ0) is 11.5. The van der Waals surface area contributed by atoms with Gasteiger partial charge in [0.05, 0.1) is 11.7 Å². The van der Waals surface area contributed by atoms with Crippen LogP contribution >= 0.6 is 0 Å². The molecule has 0 aliphatic carbocycles. The average Bonchev–Trinajstić information content (AvgIpc) is 2.29. The Balaban J connectivity index is 2.44. The zero-order valence-corrected chi connectivity index (χ0v) is 9.64. The molecule has 0 spiro atoms. The second kappa shape index (κ2) is 4.45. The maximum atomic E-state index is 6.26. The van der Waals surface area contributed by atoms with Crippen molar-refractivity contribution in [3.05, 3.63) is 65.0 Å². The lowest BCUT2D eigenvalue weighted by atomic mass is 9.97. The normalized spacial score (nSPS) is 12.4. The predicted octanol–water partition coefficient (Wildman–Crippen LogP) is 2.75. The van der Waals surface area contributed by atoms with Crippen LogP contribution in [0.2, 0.25) is 0 Å². The quantitative estimate of drug-likeness (QED) is 0.831. The molecule has 0 saturated carbocycles. The Hall–Kier alpha value is -1.67. The van der Waals surface area contributed by atoms with Crippen LogP contribution < -0.4 is 5.73 Å². The van der Waals surface area contributed by atoms with Crippen molar-refractivity contribution in [2.75, 3.05) is 0 Å². The van der Waals surface area contributed by atoms with E-state index < -0.39 is 0 Å². The molecule has 1 atom stereocenters. The number of aromatic nitrogens is 1. The Morgan fingerprint density at radius 1 is 1.00 bits per heavy atom. The molecule has 0 saturated heterocycles. The Kier molecular flexibility index (Phi) is 3.02. The second-order valence-corrected chi connectivity index (χ2v) is 4.04. The van der Waals surface area contributed by atoms with Crippen LogP contribution in [0.25, 0.3) is 0 Å². The lowest BCUT2D eigenvalue weighted by Crippen LogP contribution is -2.16. The van der Waals surface area contributed by atoms with Gasteiger partial charge in [0.2, 0.25) is 0 Å². The zero-order valence-electron chi connectivity index (χ0n) is 9.64. The van der Waals surface area contributed by atoms with Crippen molar-refractivity contribution < 1.29 is 0 Å². The van der Waals surface area contributed by atoms with E-state index in [0.717, 1.165) is 16.8 Å². The summed E-state index contributed by atoms with van der Waals surface area (Å²) < 4.78 is 0. The number of rotatable bonds is 2. The number of aryl methyl sites for hydroxylation is 2. The Morgan fingerprint density at radius 2 is 1.69 bits per heavy atom. The SMILES string of the molecule is Cc1ccccc1C(N)c1ncccc1C. The smallest absolute Gasteiger partial charge is 0.0731 e. The molecule has 82 valence electrons. The first kappa shape index (κ1) is 10.8. The first-order valence-corrected chi connectivity index (χ1v) is 5.43. The second-order valence-electron chi connectivity index (χ2n) is 4.04. The maximum absolute atomic E-state index is 6.26. The summed E-state index contributed by atoms with van der Waals surface area (Å²) >= 11 is 0. The Morgan fingerprint density at radius 3 is 2.38 bits per heavy atom. The summed E-state index contributed by atoms with van der Waals surface area (Å²) in [6, 6.07) is 12.0. The largest absolute Gasteiger partial charge is 0.319 e. The third-order valence-corrected chi connectivity index (χ3v) is 2.87. The van der Waals surface area contributed by atoms with Crippen LogP contribution in [0.3, 0.4) is 0 Å². The van der Waals surface area contributed by atoms with E-state index >= 15 is 0 Å². The summed E-state index contributed by atoms with van der Waals surface area (Å²) in [6.07, 6.45) is 1.79. The standard InChI is InChI=1S/C14H16N2/c1-10-6-3-4-8-12(10)13(15)14-11(2)7-5-9-16-14/h3-9,13H,15H2,1-2H3. The van der Waals surface area contributed by atoms with E-state index in [1.54, 1.807) is 6.20 Å². The van der Waals surface area contributed by atoms with Gasteiger partial charge in [0.15, 0.2) is 0 Å². The summed E-state index contributed by atoms with van der Waals surface area (Å²) in [5.41, 5.74) is 10.7. The van der Waals surface area contributed by atoms with Gasteiger partial charge in [-0.3, -0.25) is 4.98 Å². The van der Waals surface area contributed by atoms with Gasteiger partial charge in [0.1, 0.15) is 0 Å². The molecule has 2 heteroatoms. The van der Waals surface area contributed by atoms with Gasteiger partial charge in [-0.15, -0.1) is 0 Å². The van der Waals surface area contributed by atoms with Crippen molar-refractivity contribution in [1.29, 1.82) is 0 Å². The molecule has 1 aromatic carbocycles. The molecule has 0 amide bonds. The van der Waals surface area contributed by atoms with Crippen molar-refractivity contribution >= 4 is 0 Å². The maximum Gasteiger partial charge on any atom is 0.0731 e. The molecule has 2 aromatic rings. The molecule has 1 heterocycles. The number of benzene rings is 1. The molecule has 0 aliphatic heterocycles. The summed E-state index contributed by atoms with van der Waals surface area (Å²) in [5, 5.41) is 0. The average molecular weight is 212 g/mol. The summed E-state index contributed by atoms with van der Waals surface area (Å²) in [5.74, 6) is 0. The Labute approximate surface area is 96.1 Å². The van der Waals surface area contributed by atoms with E-state index in [2.05, 4.69) is 24.0 Å². The highest BCUT2D eigenvalue weighted by Gasteiger charge is 2.13. The van der Waals surface area contributed by atoms with Crippen molar-refractivity contribution in [2.45, 2.75) is 19.9 Å². The minimum Gasteiger partial charge on any atom is -0.319 e. The topological polar surface area (TPSA) is 38.9 Å². The lowest BCUT2D eigenvalue weighted by molar-refractivity contribution is 0.810. The molecule has 0 radical (unpaired) electrons. The van der Waals surface area contributed by atoms with Crippen LogP contribution in [-0.4, -0.2) is 4.98 Å². The minimum atomic E-state index is -0.137.